The van der Waals surface area contributed by atoms with Crippen LogP contribution in [0.2, 0.25) is 0 Å². The number of rotatable bonds is 5. The fraction of sp³-hybridized carbons (Fsp3) is 0.692. The Morgan fingerprint density at radius 2 is 2.25 bits per heavy atom. The van der Waals surface area contributed by atoms with Gasteiger partial charge in [0.05, 0.1) is 6.61 Å². The highest BCUT2D eigenvalue weighted by atomic mass is 16.5. The smallest absolute Gasteiger partial charge is 0.330 e. The Balaban J connectivity index is 2.22. The Morgan fingerprint density at radius 3 is 2.85 bits per heavy atom. The van der Waals surface area contributed by atoms with Crippen LogP contribution in [0.3, 0.4) is 0 Å². The fourth-order valence-electron chi connectivity index (χ4n) is 2.30. The Labute approximate surface area is 117 Å². The Morgan fingerprint density at radius 1 is 1.50 bits per heavy atom. The van der Waals surface area contributed by atoms with Crippen LogP contribution in [0.5, 0.6) is 0 Å². The molecule has 7 heteroatoms. The largest absolute Gasteiger partial charge is 0.383 e. The number of nitrogen functional groups attached to an aromatic ring is 1. The van der Waals surface area contributed by atoms with Gasteiger partial charge in [0, 0.05) is 25.6 Å². The molecule has 1 aromatic rings. The minimum Gasteiger partial charge on any atom is -0.383 e. The number of H-pyrrole nitrogens is 1. The number of nitrogens with one attached hydrogen (secondary N) is 2. The van der Waals surface area contributed by atoms with Crippen molar-refractivity contribution in [2.24, 2.45) is 11.8 Å². The lowest BCUT2D eigenvalue weighted by Gasteiger charge is -2.16. The summed E-state index contributed by atoms with van der Waals surface area (Å²) in [5.74, 6) is 0.836. The maximum absolute atomic E-state index is 11.9. The summed E-state index contributed by atoms with van der Waals surface area (Å²) in [4.78, 5) is 26.0. The third-order valence-electron chi connectivity index (χ3n) is 3.38. The van der Waals surface area contributed by atoms with Gasteiger partial charge in [0.2, 0.25) is 0 Å². The average Bonchev–Trinajstić information content (AvgIpc) is 2.87. The Hall–Kier alpha value is -1.76. The number of nitrogens with zero attached hydrogens (tertiary/aromatic N) is 1. The van der Waals surface area contributed by atoms with Crippen LogP contribution >= 0.6 is 0 Å². The first kappa shape index (κ1) is 14.6. The van der Waals surface area contributed by atoms with Crippen molar-refractivity contribution in [2.75, 3.05) is 30.8 Å². The number of aromatic amines is 1. The molecule has 1 unspecified atom stereocenters. The molecule has 0 aliphatic carbocycles. The van der Waals surface area contributed by atoms with Gasteiger partial charge in [0.25, 0.3) is 5.56 Å². The van der Waals surface area contributed by atoms with Gasteiger partial charge in [0.1, 0.15) is 11.5 Å². The zero-order chi connectivity index (χ0) is 14.7. The second kappa shape index (κ2) is 6.13. The molecule has 0 amide bonds. The maximum Gasteiger partial charge on any atom is 0.330 e. The monoisotopic (exact) mass is 282 g/mol. The minimum absolute atomic E-state index is 0.200. The van der Waals surface area contributed by atoms with E-state index in [1.54, 1.807) is 0 Å². The molecule has 20 heavy (non-hydrogen) atoms. The SMILES string of the molecule is CC(C)Cn1c(N)c(NCC2CCOC2)c(=O)[nH]c1=O. The van der Waals surface area contributed by atoms with E-state index in [1.165, 1.54) is 4.57 Å². The van der Waals surface area contributed by atoms with Crippen LogP contribution in [0.25, 0.3) is 0 Å². The van der Waals surface area contributed by atoms with Gasteiger partial charge in [-0.15, -0.1) is 0 Å². The van der Waals surface area contributed by atoms with Gasteiger partial charge in [-0.1, -0.05) is 13.8 Å². The van der Waals surface area contributed by atoms with E-state index in [1.807, 2.05) is 13.8 Å². The van der Waals surface area contributed by atoms with Crippen LogP contribution in [0, 0.1) is 11.8 Å². The van der Waals surface area contributed by atoms with E-state index in [4.69, 9.17) is 10.5 Å². The fourth-order valence-corrected chi connectivity index (χ4v) is 2.30. The molecule has 1 saturated heterocycles. The summed E-state index contributed by atoms with van der Waals surface area (Å²) >= 11 is 0. The number of anilines is 2. The molecule has 0 bridgehead atoms. The molecule has 1 aliphatic heterocycles. The average molecular weight is 282 g/mol. The molecule has 2 rings (SSSR count). The second-order valence-corrected chi connectivity index (χ2v) is 5.63. The van der Waals surface area contributed by atoms with E-state index in [9.17, 15) is 9.59 Å². The van der Waals surface area contributed by atoms with E-state index < -0.39 is 11.2 Å². The third kappa shape index (κ3) is 3.22. The maximum atomic E-state index is 11.9. The predicted molar refractivity (Wildman–Crippen MR) is 78.0 cm³/mol. The molecule has 1 aromatic heterocycles. The van der Waals surface area contributed by atoms with Crippen molar-refractivity contribution in [1.29, 1.82) is 0 Å². The summed E-state index contributed by atoms with van der Waals surface area (Å²) in [5, 5.41) is 3.06. The van der Waals surface area contributed by atoms with Crippen molar-refractivity contribution < 1.29 is 4.74 Å². The van der Waals surface area contributed by atoms with Crippen LogP contribution in [0.1, 0.15) is 20.3 Å². The van der Waals surface area contributed by atoms with Crippen molar-refractivity contribution in [3.05, 3.63) is 20.8 Å². The van der Waals surface area contributed by atoms with E-state index in [-0.39, 0.29) is 17.4 Å². The van der Waals surface area contributed by atoms with Crippen LogP contribution in [-0.4, -0.2) is 29.3 Å². The van der Waals surface area contributed by atoms with Crippen LogP contribution in [0.15, 0.2) is 9.59 Å². The molecule has 0 radical (unpaired) electrons. The molecule has 1 aliphatic rings. The number of nitrogens with two attached hydrogens (primary N) is 1. The first-order chi connectivity index (χ1) is 9.49. The van der Waals surface area contributed by atoms with Gasteiger partial charge in [-0.2, -0.15) is 0 Å². The van der Waals surface area contributed by atoms with Crippen molar-refractivity contribution in [3.8, 4) is 0 Å². The van der Waals surface area contributed by atoms with Crippen LogP contribution < -0.4 is 22.3 Å². The summed E-state index contributed by atoms with van der Waals surface area (Å²) in [7, 11) is 0. The summed E-state index contributed by atoms with van der Waals surface area (Å²) in [6, 6.07) is 0. The van der Waals surface area contributed by atoms with Gasteiger partial charge >= 0.3 is 5.69 Å². The first-order valence-electron chi connectivity index (χ1n) is 6.93. The summed E-state index contributed by atoms with van der Waals surface area (Å²) in [5.41, 5.74) is 5.31. The summed E-state index contributed by atoms with van der Waals surface area (Å²) in [6.07, 6.45) is 0.969. The summed E-state index contributed by atoms with van der Waals surface area (Å²) in [6.45, 7) is 6.51. The van der Waals surface area contributed by atoms with Crippen molar-refractivity contribution in [2.45, 2.75) is 26.8 Å². The Kier molecular flexibility index (Phi) is 4.49. The third-order valence-corrected chi connectivity index (χ3v) is 3.38. The topological polar surface area (TPSA) is 102 Å². The molecule has 2 heterocycles. The highest BCUT2D eigenvalue weighted by molar-refractivity contribution is 5.60. The molecule has 1 fully saturated rings. The molecule has 4 N–H and O–H groups in total. The molecule has 1 atom stereocenters. The normalized spacial score (nSPS) is 18.6. The van der Waals surface area contributed by atoms with E-state index >= 15 is 0 Å². The first-order valence-corrected chi connectivity index (χ1v) is 6.93. The van der Waals surface area contributed by atoms with E-state index in [0.29, 0.717) is 25.6 Å². The molecule has 0 aromatic carbocycles. The van der Waals surface area contributed by atoms with Gasteiger partial charge in [-0.25, -0.2) is 4.79 Å². The van der Waals surface area contributed by atoms with Crippen LogP contribution in [-0.2, 0) is 11.3 Å². The second-order valence-electron chi connectivity index (χ2n) is 5.63. The predicted octanol–water partition coefficient (Wildman–Crippen LogP) is 0.223. The van der Waals surface area contributed by atoms with Crippen LogP contribution in [0.4, 0.5) is 11.5 Å². The summed E-state index contributed by atoms with van der Waals surface area (Å²) < 4.78 is 6.69. The van der Waals surface area contributed by atoms with Crippen molar-refractivity contribution >= 4 is 11.5 Å². The lowest BCUT2D eigenvalue weighted by molar-refractivity contribution is 0.187. The standard InChI is InChI=1S/C13H22N4O3/c1-8(2)6-17-11(14)10(12(18)16-13(17)19)15-5-9-3-4-20-7-9/h8-9,15H,3-7,14H2,1-2H3,(H,16,18,19). The number of hydrogen-bond donors (Lipinski definition) is 3. The zero-order valence-electron chi connectivity index (χ0n) is 11.9. The highest BCUT2D eigenvalue weighted by Gasteiger charge is 2.18. The number of hydrogen-bond acceptors (Lipinski definition) is 5. The molecule has 7 nitrogen and oxygen atoms in total. The zero-order valence-corrected chi connectivity index (χ0v) is 11.9. The lowest BCUT2D eigenvalue weighted by Crippen LogP contribution is -2.35. The molecule has 0 spiro atoms. The highest BCUT2D eigenvalue weighted by Crippen LogP contribution is 2.16. The van der Waals surface area contributed by atoms with Gasteiger partial charge in [-0.05, 0) is 12.3 Å². The van der Waals surface area contributed by atoms with E-state index in [2.05, 4.69) is 10.3 Å². The number of ether oxygens (including phenoxy) is 1. The lowest BCUT2D eigenvalue weighted by atomic mass is 10.1. The quantitative estimate of drug-likeness (QED) is 0.717. The van der Waals surface area contributed by atoms with Gasteiger partial charge in [0.15, 0.2) is 0 Å². The molecule has 112 valence electrons. The minimum atomic E-state index is -0.466. The van der Waals surface area contributed by atoms with Crippen molar-refractivity contribution in [1.82, 2.24) is 9.55 Å². The molecule has 0 saturated carbocycles. The molecular weight excluding hydrogens is 260 g/mol. The van der Waals surface area contributed by atoms with Gasteiger partial charge in [-0.3, -0.25) is 14.3 Å². The molecular formula is C13H22N4O3. The Bertz CT molecular complexity index is 570. The number of aromatic nitrogens is 2. The van der Waals surface area contributed by atoms with Gasteiger partial charge < -0.3 is 15.8 Å². The van der Waals surface area contributed by atoms with Crippen molar-refractivity contribution in [3.63, 3.8) is 0 Å². The van der Waals surface area contributed by atoms with E-state index in [0.717, 1.165) is 13.0 Å².